The number of carbonyl (C=O) groups is 2. The van der Waals surface area contributed by atoms with Gasteiger partial charge in [-0.25, -0.2) is 9.78 Å². The van der Waals surface area contributed by atoms with E-state index in [9.17, 15) is 9.59 Å². The molecule has 8 heteroatoms. The summed E-state index contributed by atoms with van der Waals surface area (Å²) in [7, 11) is 0. The third-order valence-corrected chi connectivity index (χ3v) is 4.42. The van der Waals surface area contributed by atoms with Gasteiger partial charge in [-0.15, -0.1) is 0 Å². The highest BCUT2D eigenvalue weighted by atomic mass is 35.5. The number of hydrogen-bond donors (Lipinski definition) is 2. The van der Waals surface area contributed by atoms with E-state index < -0.39 is 17.2 Å². The van der Waals surface area contributed by atoms with Gasteiger partial charge in [-0.05, 0) is 39.7 Å². The van der Waals surface area contributed by atoms with E-state index in [0.717, 1.165) is 0 Å². The zero-order valence-corrected chi connectivity index (χ0v) is 16.9. The lowest BCUT2D eigenvalue weighted by Gasteiger charge is -2.35. The summed E-state index contributed by atoms with van der Waals surface area (Å²) in [6.07, 6.45) is 0.816. The zero-order valence-electron chi connectivity index (χ0n) is 15.4. The summed E-state index contributed by atoms with van der Waals surface area (Å²) in [5.74, 6) is -0.310. The number of rotatable bonds is 5. The average molecular weight is 390 g/mol. The molecular weight excluding hydrogens is 365 g/mol. The number of amides is 2. The lowest BCUT2D eigenvalue weighted by Crippen LogP contribution is -2.57. The molecule has 1 unspecified atom stereocenters. The fourth-order valence-corrected chi connectivity index (χ4v) is 2.11. The summed E-state index contributed by atoms with van der Waals surface area (Å²) in [6.45, 7) is 11.3. The second-order valence-corrected chi connectivity index (χ2v) is 8.14. The molecule has 1 aromatic rings. The number of aromatic nitrogens is 1. The van der Waals surface area contributed by atoms with Crippen molar-refractivity contribution in [3.05, 3.63) is 28.0 Å². The quantitative estimate of drug-likeness (QED) is 0.743. The van der Waals surface area contributed by atoms with Gasteiger partial charge in [0.25, 0.3) is 5.91 Å². The highest BCUT2D eigenvalue weighted by Gasteiger charge is 2.32. The molecule has 0 aliphatic heterocycles. The molecule has 2 N–H and O–H groups in total. The van der Waals surface area contributed by atoms with E-state index in [0.29, 0.717) is 5.56 Å². The molecule has 0 aromatic carbocycles. The molecule has 0 bridgehead atoms. The first-order valence-corrected chi connectivity index (χ1v) is 8.70. The van der Waals surface area contributed by atoms with Gasteiger partial charge in [0.05, 0.1) is 16.1 Å². The van der Waals surface area contributed by atoms with Gasteiger partial charge >= 0.3 is 6.09 Å². The Kier molecular flexibility index (Phi) is 7.08. The van der Waals surface area contributed by atoms with Crippen LogP contribution in [0.4, 0.5) is 4.79 Å². The minimum atomic E-state index is -0.694. The second-order valence-electron chi connectivity index (χ2n) is 7.38. The summed E-state index contributed by atoms with van der Waals surface area (Å²) in [5, 5.41) is 5.96. The van der Waals surface area contributed by atoms with Crippen LogP contribution in [0.5, 0.6) is 0 Å². The number of carbonyl (C=O) groups excluding carboxylic acids is 2. The van der Waals surface area contributed by atoms with Gasteiger partial charge in [0, 0.05) is 12.7 Å². The molecule has 0 fully saturated rings. The molecule has 0 aliphatic rings. The van der Waals surface area contributed by atoms with Crippen molar-refractivity contribution in [1.29, 1.82) is 0 Å². The molecule has 0 saturated heterocycles. The van der Waals surface area contributed by atoms with E-state index in [1.165, 1.54) is 12.3 Å². The number of nitrogens with one attached hydrogen (secondary N) is 2. The molecule has 0 radical (unpaired) electrons. The molecular formula is C17H25Cl2N3O3. The molecule has 6 nitrogen and oxygen atoms in total. The van der Waals surface area contributed by atoms with Crippen LogP contribution >= 0.6 is 23.2 Å². The molecule has 1 rings (SSSR count). The maximum atomic E-state index is 12.5. The van der Waals surface area contributed by atoms with Crippen molar-refractivity contribution in [2.24, 2.45) is 5.92 Å². The van der Waals surface area contributed by atoms with Crippen LogP contribution in [0, 0.1) is 5.92 Å². The predicted molar refractivity (Wildman–Crippen MR) is 99.2 cm³/mol. The molecule has 140 valence electrons. The van der Waals surface area contributed by atoms with Gasteiger partial charge in [0.15, 0.2) is 0 Å². The van der Waals surface area contributed by atoms with Crippen LogP contribution in [0.2, 0.25) is 10.2 Å². The highest BCUT2D eigenvalue weighted by molar-refractivity contribution is 6.41. The molecule has 0 saturated carbocycles. The Balaban J connectivity index is 2.82. The first-order chi connectivity index (χ1) is 11.3. The van der Waals surface area contributed by atoms with Crippen LogP contribution in [0.15, 0.2) is 12.3 Å². The standard InChI is InChI=1S/C17H25Cl2N3O3/c1-10(2)17(6,9-21-15(24)25-16(3,4)5)22-14(23)11-7-12(18)13(19)20-8-11/h7-8,10H,9H2,1-6H3,(H,21,24)(H,22,23). The van der Waals surface area contributed by atoms with Crippen LogP contribution in [0.1, 0.15) is 51.9 Å². The molecule has 0 aliphatic carbocycles. The molecule has 2 amide bonds. The number of ether oxygens (including phenoxy) is 1. The van der Waals surface area contributed by atoms with Gasteiger partial charge in [-0.3, -0.25) is 4.79 Å². The zero-order chi connectivity index (χ0) is 19.4. The summed E-state index contributed by atoms with van der Waals surface area (Å²) < 4.78 is 5.23. The second kappa shape index (κ2) is 8.23. The fraction of sp³-hybridized carbons (Fsp3) is 0.588. The van der Waals surface area contributed by atoms with Crippen LogP contribution in [-0.2, 0) is 4.74 Å². The number of pyridine rings is 1. The van der Waals surface area contributed by atoms with Gasteiger partial charge < -0.3 is 15.4 Å². The Labute approximate surface area is 158 Å². The van der Waals surface area contributed by atoms with Crippen molar-refractivity contribution >= 4 is 35.2 Å². The van der Waals surface area contributed by atoms with E-state index in [1.54, 1.807) is 20.8 Å². The largest absolute Gasteiger partial charge is 0.444 e. The van der Waals surface area contributed by atoms with Crippen molar-refractivity contribution in [2.75, 3.05) is 6.54 Å². The molecule has 1 aromatic heterocycles. The Bertz CT molecular complexity index is 645. The van der Waals surface area contributed by atoms with E-state index >= 15 is 0 Å². The SMILES string of the molecule is CC(C)C(C)(CNC(=O)OC(C)(C)C)NC(=O)c1cnc(Cl)c(Cl)c1. The smallest absolute Gasteiger partial charge is 0.407 e. The Morgan fingerprint density at radius 3 is 2.32 bits per heavy atom. The Morgan fingerprint density at radius 1 is 1.24 bits per heavy atom. The summed E-state index contributed by atoms with van der Waals surface area (Å²) in [4.78, 5) is 28.3. The van der Waals surface area contributed by atoms with Crippen LogP contribution < -0.4 is 10.6 Å². The molecule has 1 atom stereocenters. The first kappa shape index (κ1) is 21.5. The average Bonchev–Trinajstić information content (AvgIpc) is 2.46. The number of alkyl carbamates (subject to hydrolysis) is 1. The summed E-state index contributed by atoms with van der Waals surface area (Å²) in [6, 6.07) is 1.45. The lowest BCUT2D eigenvalue weighted by molar-refractivity contribution is 0.0497. The van der Waals surface area contributed by atoms with Crippen molar-refractivity contribution in [3.63, 3.8) is 0 Å². The van der Waals surface area contributed by atoms with Crippen molar-refractivity contribution < 1.29 is 14.3 Å². The molecule has 25 heavy (non-hydrogen) atoms. The third kappa shape index (κ3) is 6.71. The van der Waals surface area contributed by atoms with E-state index in [2.05, 4.69) is 15.6 Å². The molecule has 0 spiro atoms. The minimum Gasteiger partial charge on any atom is -0.444 e. The predicted octanol–water partition coefficient (Wildman–Crippen LogP) is 4.06. The van der Waals surface area contributed by atoms with E-state index in [4.69, 9.17) is 27.9 Å². The van der Waals surface area contributed by atoms with Crippen LogP contribution in [0.3, 0.4) is 0 Å². The van der Waals surface area contributed by atoms with Gasteiger partial charge in [0.2, 0.25) is 0 Å². The number of nitrogens with zero attached hydrogens (tertiary/aromatic N) is 1. The van der Waals surface area contributed by atoms with E-state index in [-0.39, 0.29) is 28.5 Å². The van der Waals surface area contributed by atoms with E-state index in [1.807, 2.05) is 20.8 Å². The van der Waals surface area contributed by atoms with Gasteiger partial charge in [-0.1, -0.05) is 37.0 Å². The fourth-order valence-electron chi connectivity index (χ4n) is 1.84. The summed E-state index contributed by atoms with van der Waals surface area (Å²) in [5.41, 5.74) is -0.994. The maximum Gasteiger partial charge on any atom is 0.407 e. The van der Waals surface area contributed by atoms with Crippen molar-refractivity contribution in [3.8, 4) is 0 Å². The minimum absolute atomic E-state index is 0.0436. The lowest BCUT2D eigenvalue weighted by atomic mass is 9.88. The monoisotopic (exact) mass is 389 g/mol. The van der Waals surface area contributed by atoms with Crippen LogP contribution in [0.25, 0.3) is 0 Å². The number of hydrogen-bond acceptors (Lipinski definition) is 4. The first-order valence-electron chi connectivity index (χ1n) is 7.94. The summed E-state index contributed by atoms with van der Waals surface area (Å²) >= 11 is 11.7. The van der Waals surface area contributed by atoms with Crippen molar-refractivity contribution in [1.82, 2.24) is 15.6 Å². The highest BCUT2D eigenvalue weighted by Crippen LogP contribution is 2.21. The normalized spacial score (nSPS) is 14.0. The van der Waals surface area contributed by atoms with Crippen molar-refractivity contribution in [2.45, 2.75) is 52.7 Å². The Hall–Kier alpha value is -1.53. The van der Waals surface area contributed by atoms with Gasteiger partial charge in [-0.2, -0.15) is 0 Å². The molecule has 1 heterocycles. The van der Waals surface area contributed by atoms with Gasteiger partial charge in [0.1, 0.15) is 10.8 Å². The van der Waals surface area contributed by atoms with Crippen LogP contribution in [-0.4, -0.2) is 34.7 Å². The maximum absolute atomic E-state index is 12.5. The number of halogens is 2. The third-order valence-electron chi connectivity index (χ3n) is 3.73. The Morgan fingerprint density at radius 2 is 1.84 bits per heavy atom. The topological polar surface area (TPSA) is 80.3 Å².